The normalized spacial score (nSPS) is 16.6. The zero-order valence-corrected chi connectivity index (χ0v) is 21.9. The molecule has 1 aliphatic rings. The van der Waals surface area contributed by atoms with Crippen molar-refractivity contribution in [1.82, 2.24) is 0 Å². The number of amides is 1. The molecule has 1 heterocycles. The maximum absolute atomic E-state index is 13.2. The highest BCUT2D eigenvalue weighted by Crippen LogP contribution is 2.46. The first kappa shape index (κ1) is 28.1. The number of fused-ring (bicyclic) bond motifs is 1. The van der Waals surface area contributed by atoms with Crippen molar-refractivity contribution < 1.29 is 42.8 Å². The Balaban J connectivity index is 2.06. The molecule has 3 rings (SSSR count). The second kappa shape index (κ2) is 13.2. The predicted octanol–water partition coefficient (Wildman–Crippen LogP) is 4.07. The summed E-state index contributed by atoms with van der Waals surface area (Å²) in [4.78, 5) is 36.5. The lowest BCUT2D eigenvalue weighted by molar-refractivity contribution is -0.150. The summed E-state index contributed by atoms with van der Waals surface area (Å²) >= 11 is 6.45. The molecule has 0 saturated carbocycles. The molecule has 0 aliphatic carbocycles. The van der Waals surface area contributed by atoms with E-state index in [-0.39, 0.29) is 32.2 Å². The molecule has 0 fully saturated rings. The number of carbonyl (C=O) groups excluding carboxylic acids is 3. The molecule has 1 aliphatic heterocycles. The number of hydrogen-bond acceptors (Lipinski definition) is 9. The first-order chi connectivity index (χ1) is 17.8. The summed E-state index contributed by atoms with van der Waals surface area (Å²) in [5, 5.41) is 3.16. The van der Waals surface area contributed by atoms with Crippen LogP contribution in [0.1, 0.15) is 43.9 Å². The molecule has 2 aromatic rings. The smallest absolute Gasteiger partial charge is 0.308 e. The molecule has 37 heavy (non-hydrogen) atoms. The van der Waals surface area contributed by atoms with Gasteiger partial charge in [0.25, 0.3) is 5.91 Å². The summed E-state index contributed by atoms with van der Waals surface area (Å²) in [6.45, 7) is 3.54. The second-order valence-corrected chi connectivity index (χ2v) is 8.43. The van der Waals surface area contributed by atoms with E-state index in [2.05, 4.69) is 5.32 Å². The maximum atomic E-state index is 13.2. The van der Waals surface area contributed by atoms with Gasteiger partial charge in [-0.15, -0.1) is 0 Å². The number of esters is 2. The molecule has 2 aromatic carbocycles. The van der Waals surface area contributed by atoms with Gasteiger partial charge in [0, 0.05) is 35.6 Å². The largest absolute Gasteiger partial charge is 0.493 e. The van der Waals surface area contributed by atoms with Crippen LogP contribution in [-0.4, -0.2) is 58.0 Å². The molecule has 0 aromatic heterocycles. The Morgan fingerprint density at radius 1 is 1.05 bits per heavy atom. The van der Waals surface area contributed by atoms with E-state index in [1.807, 2.05) is 0 Å². The van der Waals surface area contributed by atoms with Gasteiger partial charge in [-0.05, 0) is 19.1 Å². The number of methoxy groups -OCH3 is 2. The Bertz CT molecular complexity index is 1140. The van der Waals surface area contributed by atoms with Gasteiger partial charge in [-0.3, -0.25) is 14.4 Å². The van der Waals surface area contributed by atoms with Crippen LogP contribution in [0.5, 0.6) is 17.2 Å². The number of benzene rings is 2. The summed E-state index contributed by atoms with van der Waals surface area (Å²) < 4.78 is 33.2. The van der Waals surface area contributed by atoms with E-state index in [1.165, 1.54) is 21.1 Å². The Kier molecular flexibility index (Phi) is 9.99. The molecule has 10 nitrogen and oxygen atoms in total. The number of ether oxygens (including phenoxy) is 6. The molecule has 0 unspecified atom stereocenters. The van der Waals surface area contributed by atoms with Crippen molar-refractivity contribution in [3.8, 4) is 17.2 Å². The summed E-state index contributed by atoms with van der Waals surface area (Å²) in [6.07, 6.45) is -1.95. The number of carbonyl (C=O) groups is 3. The van der Waals surface area contributed by atoms with Crippen LogP contribution < -0.4 is 19.5 Å². The van der Waals surface area contributed by atoms with E-state index in [4.69, 9.17) is 40.0 Å². The molecule has 1 N–H and O–H groups in total. The third kappa shape index (κ3) is 7.05. The highest BCUT2D eigenvalue weighted by Gasteiger charge is 2.37. The highest BCUT2D eigenvalue weighted by molar-refractivity contribution is 6.31. The van der Waals surface area contributed by atoms with Crippen LogP contribution in [0.3, 0.4) is 0 Å². The SMILES string of the molecule is CCOC(=O)C[C@H]1O[C@H](c2cccc(OC)c2OC)c2cc(Cl)cc(OCCCOC(C)=O)c2NC1=O. The predicted molar refractivity (Wildman–Crippen MR) is 134 cm³/mol. The lowest BCUT2D eigenvalue weighted by Crippen LogP contribution is -2.32. The molecule has 0 bridgehead atoms. The van der Waals surface area contributed by atoms with Crippen molar-refractivity contribution in [2.75, 3.05) is 39.4 Å². The van der Waals surface area contributed by atoms with Crippen LogP contribution in [0.25, 0.3) is 0 Å². The van der Waals surface area contributed by atoms with Crippen LogP contribution in [-0.2, 0) is 28.6 Å². The van der Waals surface area contributed by atoms with Crippen LogP contribution in [0.4, 0.5) is 5.69 Å². The molecular weight excluding hydrogens is 506 g/mol. The van der Waals surface area contributed by atoms with Crippen molar-refractivity contribution in [2.45, 2.75) is 38.9 Å². The Morgan fingerprint density at radius 3 is 2.51 bits per heavy atom. The molecule has 0 saturated heterocycles. The van der Waals surface area contributed by atoms with E-state index in [0.29, 0.717) is 45.5 Å². The quantitative estimate of drug-likeness (QED) is 0.335. The van der Waals surface area contributed by atoms with Crippen molar-refractivity contribution in [3.05, 3.63) is 46.5 Å². The van der Waals surface area contributed by atoms with Gasteiger partial charge >= 0.3 is 11.9 Å². The molecule has 0 spiro atoms. The third-order valence-electron chi connectivity index (χ3n) is 5.45. The average Bonchev–Trinajstić information content (AvgIpc) is 2.99. The van der Waals surface area contributed by atoms with E-state index in [0.717, 1.165) is 0 Å². The first-order valence-electron chi connectivity index (χ1n) is 11.7. The summed E-state index contributed by atoms with van der Waals surface area (Å²) in [5.74, 6) is -0.362. The van der Waals surface area contributed by atoms with E-state index >= 15 is 0 Å². The van der Waals surface area contributed by atoms with E-state index < -0.39 is 24.1 Å². The first-order valence-corrected chi connectivity index (χ1v) is 12.1. The van der Waals surface area contributed by atoms with Crippen LogP contribution >= 0.6 is 11.6 Å². The van der Waals surface area contributed by atoms with Crippen LogP contribution in [0, 0.1) is 0 Å². The minimum absolute atomic E-state index is 0.168. The summed E-state index contributed by atoms with van der Waals surface area (Å²) in [7, 11) is 3.00. The van der Waals surface area contributed by atoms with Gasteiger partial charge in [0.05, 0.1) is 46.1 Å². The molecule has 0 radical (unpaired) electrons. The number of hydrogen-bond donors (Lipinski definition) is 1. The van der Waals surface area contributed by atoms with Crippen molar-refractivity contribution in [1.29, 1.82) is 0 Å². The van der Waals surface area contributed by atoms with Crippen LogP contribution in [0.15, 0.2) is 30.3 Å². The summed E-state index contributed by atoms with van der Waals surface area (Å²) in [5.41, 5.74) is 1.38. The van der Waals surface area contributed by atoms with Gasteiger partial charge in [0.15, 0.2) is 11.5 Å². The van der Waals surface area contributed by atoms with Gasteiger partial charge in [-0.1, -0.05) is 23.7 Å². The average molecular weight is 536 g/mol. The van der Waals surface area contributed by atoms with E-state index in [1.54, 1.807) is 37.3 Å². The lowest BCUT2D eigenvalue weighted by atomic mass is 9.98. The third-order valence-corrected chi connectivity index (χ3v) is 5.66. The monoisotopic (exact) mass is 535 g/mol. The second-order valence-electron chi connectivity index (χ2n) is 8.00. The maximum Gasteiger partial charge on any atom is 0.308 e. The van der Waals surface area contributed by atoms with Crippen LogP contribution in [0.2, 0.25) is 5.02 Å². The molecule has 200 valence electrons. The summed E-state index contributed by atoms with van der Waals surface area (Å²) in [6, 6.07) is 8.48. The van der Waals surface area contributed by atoms with E-state index in [9.17, 15) is 14.4 Å². The van der Waals surface area contributed by atoms with Gasteiger partial charge in [-0.25, -0.2) is 0 Å². The fourth-order valence-corrected chi connectivity index (χ4v) is 4.10. The molecular formula is C26H30ClNO9. The van der Waals surface area contributed by atoms with Gasteiger partial charge in [0.2, 0.25) is 0 Å². The number of nitrogens with one attached hydrogen (secondary N) is 1. The molecule has 11 heteroatoms. The zero-order valence-electron chi connectivity index (χ0n) is 21.1. The standard InChI is InChI=1S/C26H30ClNO9/c1-5-34-22(30)14-21-26(31)28-23-18(12-16(27)13-20(23)36-11-7-10-35-15(2)29)24(37-21)17-8-6-9-19(32-3)25(17)33-4/h6,8-9,12-13,21,24H,5,7,10-11,14H2,1-4H3,(H,28,31)/t21-,24-/m1/s1. The van der Waals surface area contributed by atoms with Gasteiger partial charge in [0.1, 0.15) is 18.0 Å². The number of anilines is 1. The Morgan fingerprint density at radius 2 is 1.84 bits per heavy atom. The van der Waals surface area contributed by atoms with Gasteiger partial charge < -0.3 is 33.7 Å². The molecule has 2 atom stereocenters. The van der Waals surface area contributed by atoms with Crippen molar-refractivity contribution in [2.24, 2.45) is 0 Å². The number of para-hydroxylation sites is 1. The number of halogens is 1. The zero-order chi connectivity index (χ0) is 26.9. The van der Waals surface area contributed by atoms with Crippen molar-refractivity contribution in [3.63, 3.8) is 0 Å². The highest BCUT2D eigenvalue weighted by atomic mass is 35.5. The fourth-order valence-electron chi connectivity index (χ4n) is 3.89. The molecule has 1 amide bonds. The topological polar surface area (TPSA) is 119 Å². The fraction of sp³-hybridized carbons (Fsp3) is 0.423. The van der Waals surface area contributed by atoms with Crippen molar-refractivity contribution >= 4 is 35.1 Å². The lowest BCUT2D eigenvalue weighted by Gasteiger charge is -2.24. The Labute approximate surface area is 220 Å². The minimum Gasteiger partial charge on any atom is -0.493 e. The minimum atomic E-state index is -1.18. The van der Waals surface area contributed by atoms with Gasteiger partial charge in [-0.2, -0.15) is 0 Å². The number of rotatable bonds is 11. The Hall–Kier alpha value is -3.50.